The quantitative estimate of drug-likeness (QED) is 0.760. The molecule has 0 spiro atoms. The second-order valence-corrected chi connectivity index (χ2v) is 7.49. The molecule has 3 rings (SSSR count). The van der Waals surface area contributed by atoms with E-state index in [9.17, 15) is 4.79 Å². The van der Waals surface area contributed by atoms with Crippen molar-refractivity contribution in [3.63, 3.8) is 0 Å². The number of amides is 1. The topological polar surface area (TPSA) is 44.8 Å². The Kier molecular flexibility index (Phi) is 5.91. The molecule has 0 aromatic heterocycles. The average Bonchev–Trinajstić information content (AvgIpc) is 2.68. The zero-order valence-corrected chi connectivity index (χ0v) is 17.8. The predicted molar refractivity (Wildman–Crippen MR) is 117 cm³/mol. The molecule has 0 bridgehead atoms. The highest BCUT2D eigenvalue weighted by atomic mass is 35.5. The molecule has 1 atom stereocenters. The van der Waals surface area contributed by atoms with Crippen LogP contribution in [0.3, 0.4) is 0 Å². The molecule has 28 heavy (non-hydrogen) atoms. The minimum atomic E-state index is -0.353. The number of thiocarbonyl (C=S) groups is 1. The third kappa shape index (κ3) is 3.84. The molecule has 0 saturated carbocycles. The summed E-state index contributed by atoms with van der Waals surface area (Å²) in [5.74, 6) is 0.677. The Bertz CT molecular complexity index is 924. The van der Waals surface area contributed by atoms with Crippen molar-refractivity contribution in [2.75, 3.05) is 26.1 Å². The zero-order valence-electron chi connectivity index (χ0n) is 16.2. The van der Waals surface area contributed by atoms with Gasteiger partial charge in [0.15, 0.2) is 5.11 Å². The highest BCUT2D eigenvalue weighted by Crippen LogP contribution is 2.35. The highest BCUT2D eigenvalue weighted by Gasteiger charge is 2.35. The number of hydrogen-bond donors (Lipinski definition) is 1. The van der Waals surface area contributed by atoms with Crippen LogP contribution in [0.1, 0.15) is 18.5 Å². The van der Waals surface area contributed by atoms with Crippen molar-refractivity contribution in [3.05, 3.63) is 70.4 Å². The number of nitrogens with zero attached hydrogens (tertiary/aromatic N) is 2. The van der Waals surface area contributed by atoms with E-state index in [2.05, 4.69) is 5.32 Å². The Morgan fingerprint density at radius 3 is 2.29 bits per heavy atom. The number of allylic oxidation sites excluding steroid dienone is 1. The van der Waals surface area contributed by atoms with E-state index in [0.717, 1.165) is 22.7 Å². The SMILES string of the molecule is COc1ccc(N2C(=S)NC(c3ccc(Cl)cc3)C(C(=O)N(C)C)=C2C)cc1. The minimum Gasteiger partial charge on any atom is -0.497 e. The normalized spacial score (nSPS) is 16.7. The van der Waals surface area contributed by atoms with Gasteiger partial charge in [0.05, 0.1) is 18.7 Å². The Morgan fingerprint density at radius 1 is 1.14 bits per heavy atom. The zero-order chi connectivity index (χ0) is 20.4. The number of hydrogen-bond acceptors (Lipinski definition) is 3. The van der Waals surface area contributed by atoms with Gasteiger partial charge in [-0.15, -0.1) is 0 Å². The van der Waals surface area contributed by atoms with Crippen LogP contribution in [0.25, 0.3) is 0 Å². The molecule has 0 saturated heterocycles. The summed E-state index contributed by atoms with van der Waals surface area (Å²) in [4.78, 5) is 16.5. The highest BCUT2D eigenvalue weighted by molar-refractivity contribution is 7.80. The van der Waals surface area contributed by atoms with Gasteiger partial charge in [0, 0.05) is 30.5 Å². The molecule has 1 heterocycles. The predicted octanol–water partition coefficient (Wildman–Crippen LogP) is 4.15. The summed E-state index contributed by atoms with van der Waals surface area (Å²) in [6, 6.07) is 14.6. The number of anilines is 1. The molecular weight excluding hydrogens is 394 g/mol. The summed E-state index contributed by atoms with van der Waals surface area (Å²) < 4.78 is 5.23. The largest absolute Gasteiger partial charge is 0.497 e. The molecule has 0 fully saturated rings. The van der Waals surface area contributed by atoms with Crippen LogP contribution in [0, 0.1) is 0 Å². The molecule has 7 heteroatoms. The minimum absolute atomic E-state index is 0.0778. The van der Waals surface area contributed by atoms with E-state index < -0.39 is 0 Å². The van der Waals surface area contributed by atoms with E-state index >= 15 is 0 Å². The molecule has 146 valence electrons. The fourth-order valence-corrected chi connectivity index (χ4v) is 3.69. The molecule has 1 aliphatic heterocycles. The first kappa shape index (κ1) is 20.2. The Labute approximate surface area is 175 Å². The monoisotopic (exact) mass is 415 g/mol. The van der Waals surface area contributed by atoms with Gasteiger partial charge in [-0.05, 0) is 61.1 Å². The molecule has 5 nitrogen and oxygen atoms in total. The number of rotatable bonds is 4. The number of benzene rings is 2. The first-order chi connectivity index (χ1) is 13.3. The van der Waals surface area contributed by atoms with Gasteiger partial charge in [0.2, 0.25) is 0 Å². The molecule has 2 aromatic rings. The number of carbonyl (C=O) groups excluding carboxylic acids is 1. The van der Waals surface area contributed by atoms with Crippen LogP contribution < -0.4 is 15.0 Å². The molecule has 2 aromatic carbocycles. The third-order valence-electron chi connectivity index (χ3n) is 4.66. The van der Waals surface area contributed by atoms with Crippen molar-refractivity contribution in [3.8, 4) is 5.75 Å². The second kappa shape index (κ2) is 8.20. The van der Waals surface area contributed by atoms with Gasteiger partial charge < -0.3 is 15.0 Å². The van der Waals surface area contributed by atoms with E-state index in [-0.39, 0.29) is 11.9 Å². The summed E-state index contributed by atoms with van der Waals surface area (Å²) in [6.45, 7) is 1.91. The number of halogens is 1. The van der Waals surface area contributed by atoms with Crippen LogP contribution in [-0.4, -0.2) is 37.1 Å². The lowest BCUT2D eigenvalue weighted by Crippen LogP contribution is -2.49. The second-order valence-electron chi connectivity index (χ2n) is 6.67. The summed E-state index contributed by atoms with van der Waals surface area (Å²) in [5.41, 5.74) is 3.20. The number of nitrogens with one attached hydrogen (secondary N) is 1. The van der Waals surface area contributed by atoms with E-state index in [0.29, 0.717) is 15.7 Å². The first-order valence-corrected chi connectivity index (χ1v) is 9.54. The Hall–Kier alpha value is -2.57. The van der Waals surface area contributed by atoms with Crippen LogP contribution >= 0.6 is 23.8 Å². The number of carbonyl (C=O) groups is 1. The summed E-state index contributed by atoms with van der Waals surface area (Å²) in [6.07, 6.45) is 0. The number of likely N-dealkylation sites (N-methyl/N-ethyl adjacent to an activating group) is 1. The van der Waals surface area contributed by atoms with E-state index in [1.54, 1.807) is 26.1 Å². The molecule has 0 radical (unpaired) electrons. The summed E-state index contributed by atoms with van der Waals surface area (Å²) in [7, 11) is 5.11. The lowest BCUT2D eigenvalue weighted by atomic mass is 9.94. The van der Waals surface area contributed by atoms with Gasteiger partial charge >= 0.3 is 0 Å². The molecule has 1 aliphatic rings. The van der Waals surface area contributed by atoms with Crippen molar-refractivity contribution in [1.82, 2.24) is 10.2 Å². The summed E-state index contributed by atoms with van der Waals surface area (Å²) in [5, 5.41) is 4.49. The Balaban J connectivity index is 2.12. The fourth-order valence-electron chi connectivity index (χ4n) is 3.21. The van der Waals surface area contributed by atoms with E-state index in [4.69, 9.17) is 28.6 Å². The van der Waals surface area contributed by atoms with Crippen LogP contribution in [-0.2, 0) is 4.79 Å². The number of ether oxygens (including phenoxy) is 1. The lowest BCUT2D eigenvalue weighted by molar-refractivity contribution is -0.125. The van der Waals surface area contributed by atoms with Gasteiger partial charge in [-0.3, -0.25) is 9.69 Å². The van der Waals surface area contributed by atoms with Crippen LogP contribution in [0.5, 0.6) is 5.75 Å². The van der Waals surface area contributed by atoms with Crippen molar-refractivity contribution in [2.24, 2.45) is 0 Å². The van der Waals surface area contributed by atoms with Gasteiger partial charge in [-0.25, -0.2) is 0 Å². The summed E-state index contributed by atoms with van der Waals surface area (Å²) >= 11 is 11.7. The van der Waals surface area contributed by atoms with Crippen molar-refractivity contribution < 1.29 is 9.53 Å². The van der Waals surface area contributed by atoms with Crippen LogP contribution in [0.2, 0.25) is 5.02 Å². The van der Waals surface area contributed by atoms with Crippen LogP contribution in [0.4, 0.5) is 5.69 Å². The van der Waals surface area contributed by atoms with Crippen molar-refractivity contribution in [1.29, 1.82) is 0 Å². The smallest absolute Gasteiger partial charge is 0.253 e. The molecule has 0 aliphatic carbocycles. The van der Waals surface area contributed by atoms with Gasteiger partial charge in [-0.2, -0.15) is 0 Å². The first-order valence-electron chi connectivity index (χ1n) is 8.76. The maximum Gasteiger partial charge on any atom is 0.253 e. The molecule has 1 unspecified atom stereocenters. The maximum atomic E-state index is 13.1. The van der Waals surface area contributed by atoms with Crippen LogP contribution in [0.15, 0.2) is 59.8 Å². The fraction of sp³-hybridized carbons (Fsp3) is 0.238. The van der Waals surface area contributed by atoms with E-state index in [1.165, 1.54) is 0 Å². The van der Waals surface area contributed by atoms with Crippen molar-refractivity contribution in [2.45, 2.75) is 13.0 Å². The standard InChI is InChI=1S/C21H22ClN3O2S/c1-13-18(20(26)24(2)3)19(14-5-7-15(22)8-6-14)23-21(28)25(13)16-9-11-17(27-4)12-10-16/h5-12,19H,1-4H3,(H,23,28). The molecule has 1 amide bonds. The molecule has 1 N–H and O–H groups in total. The Morgan fingerprint density at radius 2 is 1.75 bits per heavy atom. The third-order valence-corrected chi connectivity index (χ3v) is 5.21. The molecular formula is C21H22ClN3O2S. The van der Waals surface area contributed by atoms with Gasteiger partial charge in [0.1, 0.15) is 5.75 Å². The van der Waals surface area contributed by atoms with E-state index in [1.807, 2.05) is 60.4 Å². The average molecular weight is 416 g/mol. The van der Waals surface area contributed by atoms with Crippen molar-refractivity contribution >= 4 is 40.5 Å². The number of methoxy groups -OCH3 is 1. The lowest BCUT2D eigenvalue weighted by Gasteiger charge is -2.38. The maximum absolute atomic E-state index is 13.1. The van der Waals surface area contributed by atoms with Gasteiger partial charge in [0.25, 0.3) is 5.91 Å². The van der Waals surface area contributed by atoms with Gasteiger partial charge in [-0.1, -0.05) is 23.7 Å².